The van der Waals surface area contributed by atoms with Gasteiger partial charge in [0.25, 0.3) is 5.91 Å². The van der Waals surface area contributed by atoms with Crippen LogP contribution in [0, 0.1) is 11.7 Å². The smallest absolute Gasteiger partial charge is 0.277 e. The summed E-state index contributed by atoms with van der Waals surface area (Å²) in [6.07, 6.45) is 7.10. The predicted octanol–water partition coefficient (Wildman–Crippen LogP) is 3.77. The fourth-order valence-corrected chi connectivity index (χ4v) is 4.21. The summed E-state index contributed by atoms with van der Waals surface area (Å²) in [4.78, 5) is 16.4. The second-order valence-corrected chi connectivity index (χ2v) is 8.77. The molecule has 0 saturated heterocycles. The van der Waals surface area contributed by atoms with E-state index in [0.717, 1.165) is 31.1 Å². The van der Waals surface area contributed by atoms with E-state index in [9.17, 15) is 19.4 Å². The quantitative estimate of drug-likeness (QED) is 0.577. The van der Waals surface area contributed by atoms with Crippen molar-refractivity contribution in [1.29, 1.82) is 0 Å². The highest BCUT2D eigenvalue weighted by Gasteiger charge is 2.26. The molecule has 0 radical (unpaired) electrons. The van der Waals surface area contributed by atoms with Crippen molar-refractivity contribution in [3.8, 4) is 0 Å². The minimum atomic E-state index is -1.25. The minimum absolute atomic E-state index is 0.225. The van der Waals surface area contributed by atoms with E-state index >= 15 is 0 Å². The summed E-state index contributed by atoms with van der Waals surface area (Å²) in [6.45, 7) is 3.47. The molecular weight excluding hydrogens is 399 g/mol. The lowest BCUT2D eigenvalue weighted by Crippen LogP contribution is -2.22. The first kappa shape index (κ1) is 21.4. The zero-order valence-electron chi connectivity index (χ0n) is 17.7. The van der Waals surface area contributed by atoms with Crippen molar-refractivity contribution in [2.45, 2.75) is 51.2 Å². The standard InChI is InChI=1S/C23H27FN4O3/c1-23(2,31)17-11-19-15(12-28(27-19)16-7-5-14(13-29)6-8-16)10-20(17)26-22(30)21-18(24)4-3-9-25-21/h3-4,9-12,14,16,29,31H,5-8,13H2,1-2H3,(H,26,30). The number of pyridine rings is 1. The van der Waals surface area contributed by atoms with Crippen molar-refractivity contribution < 1.29 is 19.4 Å². The number of halogens is 1. The molecular formula is C23H27FN4O3. The lowest BCUT2D eigenvalue weighted by molar-refractivity contribution is 0.0793. The van der Waals surface area contributed by atoms with Gasteiger partial charge in [0, 0.05) is 35.6 Å². The van der Waals surface area contributed by atoms with Gasteiger partial charge in [-0.2, -0.15) is 5.10 Å². The first-order valence-corrected chi connectivity index (χ1v) is 10.5. The van der Waals surface area contributed by atoms with Crippen LogP contribution >= 0.6 is 0 Å². The number of rotatable bonds is 5. The molecule has 0 spiro atoms. The molecule has 8 heteroatoms. The number of nitrogens with zero attached hydrogens (tertiary/aromatic N) is 3. The first-order chi connectivity index (χ1) is 14.8. The van der Waals surface area contributed by atoms with Crippen molar-refractivity contribution in [1.82, 2.24) is 14.8 Å². The molecule has 3 aromatic rings. The van der Waals surface area contributed by atoms with E-state index in [-0.39, 0.29) is 18.3 Å². The Labute approximate surface area is 179 Å². The maximum atomic E-state index is 14.0. The first-order valence-electron chi connectivity index (χ1n) is 10.5. The van der Waals surface area contributed by atoms with Crippen molar-refractivity contribution >= 4 is 22.5 Å². The number of carbonyl (C=O) groups is 1. The maximum Gasteiger partial charge on any atom is 0.277 e. The van der Waals surface area contributed by atoms with E-state index in [2.05, 4.69) is 10.3 Å². The summed E-state index contributed by atoms with van der Waals surface area (Å²) >= 11 is 0. The Morgan fingerprint density at radius 3 is 2.68 bits per heavy atom. The number of amides is 1. The topological polar surface area (TPSA) is 100 Å². The van der Waals surface area contributed by atoms with Crippen LogP contribution in [-0.4, -0.2) is 37.5 Å². The Bertz CT molecular complexity index is 1100. The molecule has 1 aromatic carbocycles. The zero-order chi connectivity index (χ0) is 22.2. The van der Waals surface area contributed by atoms with E-state index < -0.39 is 17.3 Å². The third-order valence-electron chi connectivity index (χ3n) is 5.99. The largest absolute Gasteiger partial charge is 0.396 e. The molecule has 3 N–H and O–H groups in total. The second-order valence-electron chi connectivity index (χ2n) is 8.77. The van der Waals surface area contributed by atoms with Crippen molar-refractivity contribution in [3.05, 3.63) is 53.7 Å². The van der Waals surface area contributed by atoms with Gasteiger partial charge >= 0.3 is 0 Å². The molecule has 2 aromatic heterocycles. The summed E-state index contributed by atoms with van der Waals surface area (Å²) in [5.41, 5.74) is 0.0316. The molecule has 1 fully saturated rings. The molecule has 31 heavy (non-hydrogen) atoms. The van der Waals surface area contributed by atoms with Crippen LogP contribution in [0.1, 0.15) is 61.6 Å². The average molecular weight is 426 g/mol. The fraction of sp³-hybridized carbons (Fsp3) is 0.435. The number of carbonyl (C=O) groups excluding carboxylic acids is 1. The molecule has 1 aliphatic rings. The van der Waals surface area contributed by atoms with Gasteiger partial charge in [0.2, 0.25) is 0 Å². The highest BCUT2D eigenvalue weighted by Crippen LogP contribution is 2.35. The summed E-state index contributed by atoms with van der Waals surface area (Å²) in [7, 11) is 0. The molecule has 164 valence electrons. The number of fused-ring (bicyclic) bond motifs is 1. The number of aliphatic hydroxyl groups is 2. The Kier molecular flexibility index (Phi) is 5.77. The Balaban J connectivity index is 1.67. The summed E-state index contributed by atoms with van der Waals surface area (Å²) < 4.78 is 15.9. The van der Waals surface area contributed by atoms with Gasteiger partial charge in [-0.1, -0.05) is 0 Å². The summed E-state index contributed by atoms with van der Waals surface area (Å²) in [5, 5.41) is 28.3. The normalized spacial score (nSPS) is 19.5. The number of hydrogen-bond acceptors (Lipinski definition) is 5. The molecule has 1 aliphatic carbocycles. The van der Waals surface area contributed by atoms with Crippen LogP contribution in [0.5, 0.6) is 0 Å². The number of aliphatic hydroxyl groups excluding tert-OH is 1. The zero-order valence-corrected chi connectivity index (χ0v) is 17.7. The fourth-order valence-electron chi connectivity index (χ4n) is 4.21. The molecule has 7 nitrogen and oxygen atoms in total. The molecule has 0 atom stereocenters. The van der Waals surface area contributed by atoms with E-state index in [4.69, 9.17) is 5.10 Å². The predicted molar refractivity (Wildman–Crippen MR) is 115 cm³/mol. The van der Waals surface area contributed by atoms with Crippen LogP contribution in [0.3, 0.4) is 0 Å². The van der Waals surface area contributed by atoms with Gasteiger partial charge in [0.05, 0.1) is 17.2 Å². The average Bonchev–Trinajstić information content (AvgIpc) is 3.16. The molecule has 1 saturated carbocycles. The van der Waals surface area contributed by atoms with Gasteiger partial charge in [-0.25, -0.2) is 9.37 Å². The van der Waals surface area contributed by atoms with Crippen LogP contribution < -0.4 is 5.32 Å². The highest BCUT2D eigenvalue weighted by atomic mass is 19.1. The molecule has 2 heterocycles. The van der Waals surface area contributed by atoms with Gasteiger partial charge in [-0.3, -0.25) is 9.48 Å². The molecule has 0 aliphatic heterocycles. The number of aromatic nitrogens is 3. The van der Waals surface area contributed by atoms with Crippen LogP contribution in [0.4, 0.5) is 10.1 Å². The van der Waals surface area contributed by atoms with Gasteiger partial charge in [-0.05, 0) is 69.7 Å². The maximum absolute atomic E-state index is 14.0. The second kappa shape index (κ2) is 8.36. The lowest BCUT2D eigenvalue weighted by Gasteiger charge is -2.27. The SMILES string of the molecule is CC(C)(O)c1cc2nn(C3CCC(CO)CC3)cc2cc1NC(=O)c1ncccc1F. The Morgan fingerprint density at radius 1 is 1.29 bits per heavy atom. The molecule has 0 bridgehead atoms. The number of benzene rings is 1. The minimum Gasteiger partial charge on any atom is -0.396 e. The summed E-state index contributed by atoms with van der Waals surface area (Å²) in [6, 6.07) is 6.36. The van der Waals surface area contributed by atoms with Gasteiger partial charge in [0.15, 0.2) is 11.5 Å². The van der Waals surface area contributed by atoms with E-state index in [0.29, 0.717) is 22.7 Å². The monoisotopic (exact) mass is 426 g/mol. The molecule has 1 amide bonds. The van der Waals surface area contributed by atoms with E-state index in [1.54, 1.807) is 26.0 Å². The van der Waals surface area contributed by atoms with Gasteiger partial charge in [-0.15, -0.1) is 0 Å². The molecule has 4 rings (SSSR count). The van der Waals surface area contributed by atoms with Gasteiger partial charge < -0.3 is 15.5 Å². The van der Waals surface area contributed by atoms with Crippen LogP contribution in [0.25, 0.3) is 10.9 Å². The lowest BCUT2D eigenvalue weighted by atomic mass is 9.87. The molecule has 0 unspecified atom stereocenters. The third kappa shape index (κ3) is 4.45. The Morgan fingerprint density at radius 2 is 2.03 bits per heavy atom. The van der Waals surface area contributed by atoms with Crippen LogP contribution in [0.15, 0.2) is 36.7 Å². The van der Waals surface area contributed by atoms with E-state index in [1.807, 2.05) is 10.9 Å². The Hall–Kier alpha value is -2.84. The van der Waals surface area contributed by atoms with Crippen molar-refractivity contribution in [2.75, 3.05) is 11.9 Å². The highest BCUT2D eigenvalue weighted by molar-refractivity contribution is 6.04. The van der Waals surface area contributed by atoms with Crippen LogP contribution in [0.2, 0.25) is 0 Å². The number of anilines is 1. The van der Waals surface area contributed by atoms with Crippen LogP contribution in [-0.2, 0) is 5.60 Å². The van der Waals surface area contributed by atoms with Gasteiger partial charge in [0.1, 0.15) is 0 Å². The number of nitrogens with one attached hydrogen (secondary N) is 1. The number of hydrogen-bond donors (Lipinski definition) is 3. The third-order valence-corrected chi connectivity index (χ3v) is 5.99. The van der Waals surface area contributed by atoms with Crippen molar-refractivity contribution in [3.63, 3.8) is 0 Å². The van der Waals surface area contributed by atoms with Crippen molar-refractivity contribution in [2.24, 2.45) is 5.92 Å². The summed E-state index contributed by atoms with van der Waals surface area (Å²) in [5.74, 6) is -1.04. The van der Waals surface area contributed by atoms with E-state index in [1.165, 1.54) is 18.3 Å².